The van der Waals surface area contributed by atoms with E-state index in [-0.39, 0.29) is 36.4 Å². The Morgan fingerprint density at radius 1 is 1.23 bits per heavy atom. The van der Waals surface area contributed by atoms with Crippen molar-refractivity contribution in [2.45, 2.75) is 30.2 Å². The van der Waals surface area contributed by atoms with Gasteiger partial charge in [-0.2, -0.15) is 0 Å². The van der Waals surface area contributed by atoms with Crippen molar-refractivity contribution in [3.63, 3.8) is 0 Å². The molecule has 1 aliphatic rings. The molecule has 0 saturated carbocycles. The number of amides is 1. The molecule has 11 heteroatoms. The smallest absolute Gasteiger partial charge is 0.240 e. The Labute approximate surface area is 162 Å². The molecule has 0 spiro atoms. The first-order valence-electron chi connectivity index (χ1n) is 8.07. The van der Waals surface area contributed by atoms with Crippen molar-refractivity contribution in [1.29, 1.82) is 0 Å². The number of hydrogen-bond acceptors (Lipinski definition) is 5. The zero-order valence-electron chi connectivity index (χ0n) is 14.3. The van der Waals surface area contributed by atoms with Crippen LogP contribution in [-0.2, 0) is 24.8 Å². The highest BCUT2D eigenvalue weighted by atomic mass is 79.9. The quantitative estimate of drug-likeness (QED) is 0.611. The topological polar surface area (TPSA) is 113 Å². The third-order valence-electron chi connectivity index (χ3n) is 3.99. The van der Waals surface area contributed by atoms with Gasteiger partial charge in [0.1, 0.15) is 0 Å². The zero-order valence-corrected chi connectivity index (χ0v) is 17.5. The SMILES string of the molecule is CS(=O)(=O)N1CCCC(NC(=O)CCNS(=O)(=O)c2ccc(Br)cc2)C1. The average molecular weight is 468 g/mol. The molecule has 2 N–H and O–H groups in total. The van der Waals surface area contributed by atoms with Gasteiger partial charge in [-0.25, -0.2) is 25.9 Å². The summed E-state index contributed by atoms with van der Waals surface area (Å²) in [4.78, 5) is 12.1. The molecule has 26 heavy (non-hydrogen) atoms. The molecule has 1 atom stereocenters. The number of rotatable bonds is 7. The second-order valence-electron chi connectivity index (χ2n) is 6.13. The number of piperidine rings is 1. The molecule has 0 radical (unpaired) electrons. The van der Waals surface area contributed by atoms with Gasteiger partial charge in [0.25, 0.3) is 0 Å². The van der Waals surface area contributed by atoms with E-state index in [1.165, 1.54) is 16.4 Å². The summed E-state index contributed by atoms with van der Waals surface area (Å²) in [6.45, 7) is 0.667. The number of carbonyl (C=O) groups excluding carboxylic acids is 1. The van der Waals surface area contributed by atoms with Gasteiger partial charge in [0.2, 0.25) is 26.0 Å². The third kappa shape index (κ3) is 6.31. The first kappa shape index (κ1) is 21.3. The van der Waals surface area contributed by atoms with Crippen LogP contribution in [0.3, 0.4) is 0 Å². The van der Waals surface area contributed by atoms with Crippen molar-refractivity contribution >= 4 is 41.9 Å². The maximum Gasteiger partial charge on any atom is 0.240 e. The lowest BCUT2D eigenvalue weighted by Crippen LogP contribution is -2.49. The van der Waals surface area contributed by atoms with Gasteiger partial charge in [-0.1, -0.05) is 15.9 Å². The molecule has 1 aliphatic heterocycles. The molecular formula is C15H22BrN3O5S2. The van der Waals surface area contributed by atoms with E-state index in [0.717, 1.165) is 10.7 Å². The fourth-order valence-electron chi connectivity index (χ4n) is 2.66. The van der Waals surface area contributed by atoms with Gasteiger partial charge in [-0.15, -0.1) is 0 Å². The van der Waals surface area contributed by atoms with Crippen LogP contribution >= 0.6 is 15.9 Å². The molecule has 1 saturated heterocycles. The lowest BCUT2D eigenvalue weighted by molar-refractivity contribution is -0.121. The maximum absolute atomic E-state index is 12.1. The standard InChI is InChI=1S/C15H22BrN3O5S2/c1-25(21,22)19-10-2-3-13(11-19)18-15(20)8-9-17-26(23,24)14-6-4-12(16)5-7-14/h4-7,13,17H,2-3,8-11H2,1H3,(H,18,20). The Balaban J connectivity index is 1.81. The molecular weight excluding hydrogens is 446 g/mol. The van der Waals surface area contributed by atoms with Crippen LogP contribution in [0, 0.1) is 0 Å². The van der Waals surface area contributed by atoms with Crippen LogP contribution in [0.2, 0.25) is 0 Å². The van der Waals surface area contributed by atoms with Crippen molar-refractivity contribution in [3.05, 3.63) is 28.7 Å². The predicted molar refractivity (Wildman–Crippen MR) is 102 cm³/mol. The first-order chi connectivity index (χ1) is 12.1. The fourth-order valence-corrected chi connectivity index (χ4v) is 4.86. The normalized spacial score (nSPS) is 19.2. The molecule has 8 nitrogen and oxygen atoms in total. The van der Waals surface area contributed by atoms with E-state index in [4.69, 9.17) is 0 Å². The molecule has 0 bridgehead atoms. The summed E-state index contributed by atoms with van der Waals surface area (Å²) in [7, 11) is -6.95. The Hall–Kier alpha value is -1.01. The predicted octanol–water partition coefficient (Wildman–Crippen LogP) is 0.658. The summed E-state index contributed by atoms with van der Waals surface area (Å²) < 4.78 is 52.0. The van der Waals surface area contributed by atoms with Gasteiger partial charge in [-0.3, -0.25) is 4.79 Å². The van der Waals surface area contributed by atoms with Gasteiger partial charge in [0.15, 0.2) is 0 Å². The average Bonchev–Trinajstić information content (AvgIpc) is 2.54. The third-order valence-corrected chi connectivity index (χ3v) is 7.26. The number of nitrogens with zero attached hydrogens (tertiary/aromatic N) is 1. The van der Waals surface area contributed by atoms with Crippen molar-refractivity contribution in [2.75, 3.05) is 25.9 Å². The molecule has 1 aromatic rings. The summed E-state index contributed by atoms with van der Waals surface area (Å²) in [5.74, 6) is -0.316. The molecule has 0 aliphatic carbocycles. The number of carbonyl (C=O) groups is 1. The van der Waals surface area contributed by atoms with Crippen molar-refractivity contribution in [2.24, 2.45) is 0 Å². The van der Waals surface area contributed by atoms with Crippen LogP contribution in [0.4, 0.5) is 0 Å². The van der Waals surface area contributed by atoms with E-state index < -0.39 is 20.0 Å². The number of benzene rings is 1. The minimum absolute atomic E-state index is 0.0227. The van der Waals surface area contributed by atoms with Crippen molar-refractivity contribution < 1.29 is 21.6 Å². The molecule has 1 amide bonds. The van der Waals surface area contributed by atoms with Crippen LogP contribution in [0.1, 0.15) is 19.3 Å². The number of hydrogen-bond donors (Lipinski definition) is 2. The van der Waals surface area contributed by atoms with Gasteiger partial charge in [-0.05, 0) is 37.1 Å². The van der Waals surface area contributed by atoms with E-state index in [0.29, 0.717) is 19.4 Å². The van der Waals surface area contributed by atoms with Crippen LogP contribution in [0.15, 0.2) is 33.6 Å². The largest absolute Gasteiger partial charge is 0.352 e. The van der Waals surface area contributed by atoms with E-state index in [1.807, 2.05) is 0 Å². The molecule has 1 heterocycles. The first-order valence-corrected chi connectivity index (χ1v) is 12.2. The molecule has 2 rings (SSSR count). The molecule has 1 fully saturated rings. The fraction of sp³-hybridized carbons (Fsp3) is 0.533. The lowest BCUT2D eigenvalue weighted by atomic mass is 10.1. The van der Waals surface area contributed by atoms with Crippen LogP contribution < -0.4 is 10.0 Å². The second-order valence-corrected chi connectivity index (χ2v) is 10.8. The maximum atomic E-state index is 12.1. The Morgan fingerprint density at radius 2 is 1.88 bits per heavy atom. The van der Waals surface area contributed by atoms with Gasteiger partial charge in [0, 0.05) is 36.6 Å². The summed E-state index contributed by atoms with van der Waals surface area (Å²) in [5.41, 5.74) is 0. The molecule has 146 valence electrons. The zero-order chi connectivity index (χ0) is 19.4. The highest BCUT2D eigenvalue weighted by Crippen LogP contribution is 2.15. The van der Waals surface area contributed by atoms with Gasteiger partial charge < -0.3 is 5.32 Å². The van der Waals surface area contributed by atoms with Gasteiger partial charge >= 0.3 is 0 Å². The van der Waals surface area contributed by atoms with Crippen LogP contribution in [0.25, 0.3) is 0 Å². The van der Waals surface area contributed by atoms with Crippen molar-refractivity contribution in [3.8, 4) is 0 Å². The van der Waals surface area contributed by atoms with Crippen LogP contribution in [0.5, 0.6) is 0 Å². The van der Waals surface area contributed by atoms with E-state index in [2.05, 4.69) is 26.0 Å². The molecule has 1 unspecified atom stereocenters. The molecule has 1 aromatic carbocycles. The van der Waals surface area contributed by atoms with E-state index >= 15 is 0 Å². The minimum atomic E-state index is -3.67. The Kier molecular flexibility index (Phi) is 7.19. The second kappa shape index (κ2) is 8.79. The van der Waals surface area contributed by atoms with Crippen LogP contribution in [-0.4, -0.2) is 59.0 Å². The highest BCUT2D eigenvalue weighted by Gasteiger charge is 2.26. The summed E-state index contributed by atoms with van der Waals surface area (Å²) in [6, 6.07) is 5.92. The monoisotopic (exact) mass is 467 g/mol. The molecule has 0 aromatic heterocycles. The van der Waals surface area contributed by atoms with E-state index in [1.54, 1.807) is 12.1 Å². The highest BCUT2D eigenvalue weighted by molar-refractivity contribution is 9.10. The lowest BCUT2D eigenvalue weighted by Gasteiger charge is -2.31. The summed E-state index contributed by atoms with van der Waals surface area (Å²) in [5, 5.41) is 2.77. The Bertz CT molecular complexity index is 841. The Morgan fingerprint density at radius 3 is 2.50 bits per heavy atom. The van der Waals surface area contributed by atoms with E-state index in [9.17, 15) is 21.6 Å². The van der Waals surface area contributed by atoms with Crippen molar-refractivity contribution in [1.82, 2.24) is 14.3 Å². The van der Waals surface area contributed by atoms with Gasteiger partial charge in [0.05, 0.1) is 11.2 Å². The number of sulfonamides is 2. The number of halogens is 1. The minimum Gasteiger partial charge on any atom is -0.352 e. The summed E-state index contributed by atoms with van der Waals surface area (Å²) >= 11 is 3.24. The number of nitrogens with one attached hydrogen (secondary N) is 2. The summed E-state index contributed by atoms with van der Waals surface area (Å²) in [6.07, 6.45) is 2.50.